The number of benzene rings is 3. The van der Waals surface area contributed by atoms with Crippen LogP contribution >= 0.6 is 0 Å². The lowest BCUT2D eigenvalue weighted by atomic mass is 10.1. The van der Waals surface area contributed by atoms with E-state index in [9.17, 15) is 19.7 Å². The molecule has 30 heavy (non-hydrogen) atoms. The van der Waals surface area contributed by atoms with Gasteiger partial charge in [0.15, 0.2) is 0 Å². The van der Waals surface area contributed by atoms with Gasteiger partial charge in [-0.2, -0.15) is 0 Å². The fourth-order valence-corrected chi connectivity index (χ4v) is 3.53. The van der Waals surface area contributed by atoms with Gasteiger partial charge in [-0.25, -0.2) is 4.98 Å². The van der Waals surface area contributed by atoms with Crippen LogP contribution in [0.1, 0.15) is 6.92 Å². The lowest BCUT2D eigenvalue weighted by Gasteiger charge is -2.23. The van der Waals surface area contributed by atoms with Crippen molar-refractivity contribution in [3.8, 4) is 0 Å². The summed E-state index contributed by atoms with van der Waals surface area (Å²) in [5, 5.41) is 13.1. The van der Waals surface area contributed by atoms with Gasteiger partial charge < -0.3 is 4.90 Å². The van der Waals surface area contributed by atoms with Gasteiger partial charge >= 0.3 is 0 Å². The van der Waals surface area contributed by atoms with Crippen molar-refractivity contribution in [2.45, 2.75) is 13.5 Å². The number of aromatic nitrogens is 2. The molecule has 0 aliphatic carbocycles. The van der Waals surface area contributed by atoms with Crippen molar-refractivity contribution < 1.29 is 9.72 Å². The predicted molar refractivity (Wildman–Crippen MR) is 115 cm³/mol. The van der Waals surface area contributed by atoms with E-state index in [4.69, 9.17) is 0 Å². The van der Waals surface area contributed by atoms with Gasteiger partial charge in [-0.15, -0.1) is 0 Å². The summed E-state index contributed by atoms with van der Waals surface area (Å²) in [6.07, 6.45) is 1.25. The fraction of sp³-hybridized carbons (Fsp3) is 0.136. The highest BCUT2D eigenvalue weighted by Gasteiger charge is 2.18. The van der Waals surface area contributed by atoms with Gasteiger partial charge in [-0.1, -0.05) is 36.4 Å². The number of fused-ring (bicyclic) bond motifs is 2. The Labute approximate surface area is 171 Å². The molecule has 0 N–H and O–H groups in total. The second-order valence-electron chi connectivity index (χ2n) is 6.77. The number of carbonyl (C=O) groups is 1. The SMILES string of the molecule is CCN(C(=O)Cn1cnc2cc([N+](=O)[O-])ccc2c1=O)c1cccc2ccccc12. The molecule has 1 amide bonds. The first-order valence-electron chi connectivity index (χ1n) is 9.41. The fourth-order valence-electron chi connectivity index (χ4n) is 3.53. The summed E-state index contributed by atoms with van der Waals surface area (Å²) in [5.41, 5.74) is 0.436. The van der Waals surface area contributed by atoms with Crippen LogP contribution in [0.25, 0.3) is 21.7 Å². The Morgan fingerprint density at radius 1 is 1.10 bits per heavy atom. The molecule has 0 fully saturated rings. The lowest BCUT2D eigenvalue weighted by Crippen LogP contribution is -2.36. The van der Waals surface area contributed by atoms with E-state index in [2.05, 4.69) is 4.98 Å². The summed E-state index contributed by atoms with van der Waals surface area (Å²) in [6, 6.07) is 17.4. The minimum atomic E-state index is -0.542. The van der Waals surface area contributed by atoms with E-state index in [1.54, 1.807) is 4.90 Å². The van der Waals surface area contributed by atoms with Crippen molar-refractivity contribution in [3.05, 3.63) is 87.5 Å². The summed E-state index contributed by atoms with van der Waals surface area (Å²) >= 11 is 0. The molecule has 0 bridgehead atoms. The zero-order chi connectivity index (χ0) is 21.3. The third-order valence-corrected chi connectivity index (χ3v) is 5.00. The molecule has 0 radical (unpaired) electrons. The highest BCUT2D eigenvalue weighted by Crippen LogP contribution is 2.27. The largest absolute Gasteiger partial charge is 0.311 e. The number of carbonyl (C=O) groups excluding carboxylic acids is 1. The molecule has 8 nitrogen and oxygen atoms in total. The Hall–Kier alpha value is -4.07. The zero-order valence-corrected chi connectivity index (χ0v) is 16.2. The van der Waals surface area contributed by atoms with Crippen LogP contribution in [-0.4, -0.2) is 26.9 Å². The summed E-state index contributed by atoms with van der Waals surface area (Å²) in [4.78, 5) is 42.0. The molecule has 0 atom stereocenters. The molecule has 0 saturated heterocycles. The van der Waals surface area contributed by atoms with Crippen molar-refractivity contribution in [3.63, 3.8) is 0 Å². The van der Waals surface area contributed by atoms with E-state index < -0.39 is 10.5 Å². The van der Waals surface area contributed by atoms with E-state index in [1.165, 1.54) is 29.1 Å². The van der Waals surface area contributed by atoms with Crippen molar-refractivity contribution in [1.29, 1.82) is 0 Å². The molecule has 1 heterocycles. The van der Waals surface area contributed by atoms with Gasteiger partial charge in [-0.05, 0) is 24.4 Å². The average molecular weight is 402 g/mol. The van der Waals surface area contributed by atoms with Crippen LogP contribution in [-0.2, 0) is 11.3 Å². The zero-order valence-electron chi connectivity index (χ0n) is 16.2. The number of nitro groups is 1. The normalized spacial score (nSPS) is 11.0. The summed E-state index contributed by atoms with van der Waals surface area (Å²) in [6.45, 7) is 2.13. The van der Waals surface area contributed by atoms with Crippen LogP contribution in [0, 0.1) is 10.1 Å². The van der Waals surface area contributed by atoms with Crippen LogP contribution in [0.15, 0.2) is 71.8 Å². The van der Waals surface area contributed by atoms with Gasteiger partial charge in [0, 0.05) is 24.1 Å². The molecular formula is C22H18N4O4. The molecule has 0 spiro atoms. The Bertz CT molecular complexity index is 1340. The van der Waals surface area contributed by atoms with Gasteiger partial charge in [0.1, 0.15) is 6.54 Å². The van der Waals surface area contributed by atoms with Crippen molar-refractivity contribution in [2.75, 3.05) is 11.4 Å². The first kappa shape index (κ1) is 19.3. The van der Waals surface area contributed by atoms with Gasteiger partial charge in [0.25, 0.3) is 11.2 Å². The van der Waals surface area contributed by atoms with Crippen molar-refractivity contribution in [1.82, 2.24) is 9.55 Å². The number of hydrogen-bond donors (Lipinski definition) is 0. The van der Waals surface area contributed by atoms with Crippen LogP contribution in [0.5, 0.6) is 0 Å². The standard InChI is InChI=1S/C22H18N4O4/c1-2-25(20-9-5-7-15-6-3-4-8-17(15)20)21(27)13-24-14-23-19-12-16(26(29)30)10-11-18(19)22(24)28/h3-12,14H,2,13H2,1H3. The van der Waals surface area contributed by atoms with Crippen LogP contribution in [0.2, 0.25) is 0 Å². The van der Waals surface area contributed by atoms with Gasteiger partial charge in [-0.3, -0.25) is 24.3 Å². The Morgan fingerprint density at radius 2 is 1.87 bits per heavy atom. The smallest absolute Gasteiger partial charge is 0.271 e. The number of nitro benzene ring substituents is 1. The molecule has 0 unspecified atom stereocenters. The topological polar surface area (TPSA) is 98.3 Å². The minimum Gasteiger partial charge on any atom is -0.311 e. The number of anilines is 1. The number of hydrogen-bond acceptors (Lipinski definition) is 5. The molecule has 150 valence electrons. The maximum Gasteiger partial charge on any atom is 0.271 e. The number of likely N-dealkylation sites (N-methyl/N-ethyl adjacent to an activating group) is 1. The Kier molecular flexibility index (Phi) is 4.97. The predicted octanol–water partition coefficient (Wildman–Crippen LogP) is 3.51. The molecule has 0 aliphatic heterocycles. The highest BCUT2D eigenvalue weighted by molar-refractivity contribution is 6.03. The molecule has 0 saturated carbocycles. The van der Waals surface area contributed by atoms with E-state index in [1.807, 2.05) is 49.4 Å². The molecule has 4 aromatic rings. The lowest BCUT2D eigenvalue weighted by molar-refractivity contribution is -0.384. The maximum absolute atomic E-state index is 13.1. The average Bonchev–Trinajstić information content (AvgIpc) is 2.76. The highest BCUT2D eigenvalue weighted by atomic mass is 16.6. The van der Waals surface area contributed by atoms with Gasteiger partial charge in [0.05, 0.1) is 27.8 Å². The van der Waals surface area contributed by atoms with E-state index >= 15 is 0 Å². The van der Waals surface area contributed by atoms with Gasteiger partial charge in [0.2, 0.25) is 5.91 Å². The quantitative estimate of drug-likeness (QED) is 0.376. The second-order valence-corrected chi connectivity index (χ2v) is 6.77. The van der Waals surface area contributed by atoms with E-state index in [0.29, 0.717) is 6.54 Å². The third-order valence-electron chi connectivity index (χ3n) is 5.00. The van der Waals surface area contributed by atoms with E-state index in [0.717, 1.165) is 16.5 Å². The number of nitrogens with zero attached hydrogens (tertiary/aromatic N) is 4. The molecule has 1 aromatic heterocycles. The summed E-state index contributed by atoms with van der Waals surface area (Å²) in [7, 11) is 0. The maximum atomic E-state index is 13.1. The number of rotatable bonds is 5. The minimum absolute atomic E-state index is 0.142. The second kappa shape index (κ2) is 7.75. The summed E-state index contributed by atoms with van der Waals surface area (Å²) in [5.74, 6) is -0.251. The first-order chi connectivity index (χ1) is 14.5. The Morgan fingerprint density at radius 3 is 2.63 bits per heavy atom. The molecular weight excluding hydrogens is 384 g/mol. The monoisotopic (exact) mass is 402 g/mol. The molecule has 8 heteroatoms. The number of amides is 1. The van der Waals surface area contributed by atoms with Crippen LogP contribution < -0.4 is 10.5 Å². The van der Waals surface area contributed by atoms with Crippen LogP contribution in [0.3, 0.4) is 0 Å². The summed E-state index contributed by atoms with van der Waals surface area (Å²) < 4.78 is 1.23. The Balaban J connectivity index is 1.69. The van der Waals surface area contributed by atoms with Crippen molar-refractivity contribution in [2.24, 2.45) is 0 Å². The van der Waals surface area contributed by atoms with Crippen LogP contribution in [0.4, 0.5) is 11.4 Å². The molecule has 0 aliphatic rings. The third kappa shape index (κ3) is 3.39. The number of non-ortho nitro benzene ring substituents is 1. The molecule has 3 aromatic carbocycles. The molecule has 4 rings (SSSR count). The van der Waals surface area contributed by atoms with Crippen molar-refractivity contribution >= 4 is 39.0 Å². The van der Waals surface area contributed by atoms with E-state index in [-0.39, 0.29) is 29.0 Å². The first-order valence-corrected chi connectivity index (χ1v) is 9.41.